The maximum absolute atomic E-state index is 13.6. The molecule has 0 saturated carbocycles. The Morgan fingerprint density at radius 2 is 1.43 bits per heavy atom. The Morgan fingerprint density at radius 1 is 0.784 bits per heavy atom. The van der Waals surface area contributed by atoms with Gasteiger partial charge in [0.05, 0.1) is 0 Å². The molecule has 2 fully saturated rings. The molecule has 2 aromatic rings. The lowest BCUT2D eigenvalue weighted by Crippen LogP contribution is -2.53. The van der Waals surface area contributed by atoms with E-state index in [4.69, 9.17) is 14.2 Å². The lowest BCUT2D eigenvalue weighted by molar-refractivity contribution is -0.158. The molecule has 12 heteroatoms. The molecule has 12 nitrogen and oxygen atoms in total. The normalized spacial score (nSPS) is 16.5. The molecule has 0 bridgehead atoms. The van der Waals surface area contributed by atoms with Gasteiger partial charge in [0.2, 0.25) is 11.8 Å². The number of esters is 1. The van der Waals surface area contributed by atoms with Crippen molar-refractivity contribution in [2.75, 3.05) is 26.2 Å². The first-order valence-corrected chi connectivity index (χ1v) is 18.1. The summed E-state index contributed by atoms with van der Waals surface area (Å²) < 4.78 is 16.6. The van der Waals surface area contributed by atoms with E-state index in [-0.39, 0.29) is 30.8 Å². The van der Waals surface area contributed by atoms with Crippen LogP contribution in [0.15, 0.2) is 54.6 Å². The van der Waals surface area contributed by atoms with Gasteiger partial charge < -0.3 is 34.6 Å². The SMILES string of the molecule is CC(C)C[C@H](NC(=O)OCc1ccccc1)C(=O)N[C@@H](Cc1ccc(OC(=O)N2CCC(C(=O)N3CCCCC3)CC2)cc1)C(=O)OC(C)(C)C. The van der Waals surface area contributed by atoms with Crippen molar-refractivity contribution in [1.29, 1.82) is 0 Å². The Hall–Kier alpha value is -4.61. The Balaban J connectivity index is 1.34. The maximum Gasteiger partial charge on any atom is 0.415 e. The lowest BCUT2D eigenvalue weighted by Gasteiger charge is -2.35. The van der Waals surface area contributed by atoms with Crippen LogP contribution in [-0.2, 0) is 36.9 Å². The highest BCUT2D eigenvalue weighted by molar-refractivity contribution is 5.90. The van der Waals surface area contributed by atoms with E-state index in [0.29, 0.717) is 43.7 Å². The van der Waals surface area contributed by atoms with Crippen molar-refractivity contribution in [3.8, 4) is 5.75 Å². The van der Waals surface area contributed by atoms with Crippen LogP contribution < -0.4 is 15.4 Å². The van der Waals surface area contributed by atoms with Crippen LogP contribution in [0.3, 0.4) is 0 Å². The molecule has 2 aliphatic heterocycles. The van der Waals surface area contributed by atoms with Gasteiger partial charge in [-0.3, -0.25) is 9.59 Å². The van der Waals surface area contributed by atoms with Crippen molar-refractivity contribution < 1.29 is 38.2 Å². The van der Waals surface area contributed by atoms with Crippen LogP contribution in [0.1, 0.15) is 84.3 Å². The second-order valence-electron chi connectivity index (χ2n) is 14.8. The Kier molecular flexibility index (Phi) is 14.3. The van der Waals surface area contributed by atoms with Crippen LogP contribution in [0.4, 0.5) is 9.59 Å². The summed E-state index contributed by atoms with van der Waals surface area (Å²) >= 11 is 0. The second kappa shape index (κ2) is 18.6. The Bertz CT molecular complexity index is 1460. The minimum Gasteiger partial charge on any atom is -0.458 e. The minimum atomic E-state index is -1.06. The van der Waals surface area contributed by atoms with E-state index in [2.05, 4.69) is 10.6 Å². The number of carbonyl (C=O) groups is 5. The first kappa shape index (κ1) is 39.2. The number of hydrogen-bond acceptors (Lipinski definition) is 8. The largest absolute Gasteiger partial charge is 0.458 e. The van der Waals surface area contributed by atoms with Crippen molar-refractivity contribution >= 4 is 30.0 Å². The number of carbonyl (C=O) groups excluding carboxylic acids is 5. The summed E-state index contributed by atoms with van der Waals surface area (Å²) in [6, 6.07) is 13.9. The molecule has 4 rings (SSSR count). The summed E-state index contributed by atoms with van der Waals surface area (Å²) in [5.41, 5.74) is 0.701. The zero-order valence-electron chi connectivity index (χ0n) is 30.7. The average Bonchev–Trinajstić information content (AvgIpc) is 3.10. The Labute approximate surface area is 301 Å². The molecule has 0 radical (unpaired) electrons. The number of rotatable bonds is 12. The minimum absolute atomic E-state index is 0.0485. The predicted molar refractivity (Wildman–Crippen MR) is 192 cm³/mol. The predicted octanol–water partition coefficient (Wildman–Crippen LogP) is 5.62. The van der Waals surface area contributed by atoms with Crippen molar-refractivity contribution in [1.82, 2.24) is 20.4 Å². The monoisotopic (exact) mass is 706 g/mol. The van der Waals surface area contributed by atoms with Gasteiger partial charge in [0.15, 0.2) is 0 Å². The van der Waals surface area contributed by atoms with Crippen LogP contribution in [0.2, 0.25) is 0 Å². The number of nitrogens with one attached hydrogen (secondary N) is 2. The number of piperidine rings is 2. The number of alkyl carbamates (subject to hydrolysis) is 1. The molecule has 0 aromatic heterocycles. The molecule has 51 heavy (non-hydrogen) atoms. The van der Waals surface area contributed by atoms with Crippen molar-refractivity contribution in [2.24, 2.45) is 11.8 Å². The zero-order chi connectivity index (χ0) is 37.0. The summed E-state index contributed by atoms with van der Waals surface area (Å²) in [6.45, 7) is 11.7. The molecule has 2 N–H and O–H groups in total. The van der Waals surface area contributed by atoms with Gasteiger partial charge in [0, 0.05) is 38.5 Å². The molecule has 2 heterocycles. The molecular weight excluding hydrogens is 652 g/mol. The highest BCUT2D eigenvalue weighted by atomic mass is 16.6. The highest BCUT2D eigenvalue weighted by Crippen LogP contribution is 2.24. The van der Waals surface area contributed by atoms with Gasteiger partial charge in [-0.15, -0.1) is 0 Å². The van der Waals surface area contributed by atoms with E-state index < -0.39 is 41.7 Å². The average molecular weight is 707 g/mol. The quantitative estimate of drug-likeness (QED) is 0.271. The van der Waals surface area contributed by atoms with Gasteiger partial charge in [0.25, 0.3) is 0 Å². The van der Waals surface area contributed by atoms with E-state index in [1.54, 1.807) is 49.9 Å². The first-order chi connectivity index (χ1) is 24.3. The smallest absolute Gasteiger partial charge is 0.415 e. The van der Waals surface area contributed by atoms with Gasteiger partial charge in [-0.25, -0.2) is 14.4 Å². The third-order valence-corrected chi connectivity index (χ3v) is 8.87. The van der Waals surface area contributed by atoms with Crippen molar-refractivity contribution in [3.05, 3.63) is 65.7 Å². The fraction of sp³-hybridized carbons (Fsp3) is 0.564. The van der Waals surface area contributed by atoms with E-state index >= 15 is 0 Å². The van der Waals surface area contributed by atoms with Gasteiger partial charge in [0.1, 0.15) is 30.0 Å². The van der Waals surface area contributed by atoms with Crippen LogP contribution in [0.5, 0.6) is 5.75 Å². The topological polar surface area (TPSA) is 144 Å². The summed E-state index contributed by atoms with van der Waals surface area (Å²) in [5.74, 6) is -0.629. The fourth-order valence-electron chi connectivity index (χ4n) is 6.22. The summed E-state index contributed by atoms with van der Waals surface area (Å²) in [5, 5.41) is 5.45. The maximum atomic E-state index is 13.6. The van der Waals surface area contributed by atoms with E-state index in [0.717, 1.165) is 31.5 Å². The molecule has 0 unspecified atom stereocenters. The van der Waals surface area contributed by atoms with Gasteiger partial charge in [-0.2, -0.15) is 0 Å². The summed E-state index contributed by atoms with van der Waals surface area (Å²) in [4.78, 5) is 69.0. The van der Waals surface area contributed by atoms with Gasteiger partial charge in [-0.1, -0.05) is 56.3 Å². The summed E-state index contributed by atoms with van der Waals surface area (Å²) in [7, 11) is 0. The van der Waals surface area contributed by atoms with Crippen molar-refractivity contribution in [3.63, 3.8) is 0 Å². The fourth-order valence-corrected chi connectivity index (χ4v) is 6.22. The second-order valence-corrected chi connectivity index (χ2v) is 14.8. The van der Waals surface area contributed by atoms with Gasteiger partial charge in [-0.05, 0) is 88.5 Å². The van der Waals surface area contributed by atoms with Crippen molar-refractivity contribution in [2.45, 2.75) is 104 Å². The number of hydrogen-bond donors (Lipinski definition) is 2. The third kappa shape index (κ3) is 12.9. The highest BCUT2D eigenvalue weighted by Gasteiger charge is 2.33. The third-order valence-electron chi connectivity index (χ3n) is 8.87. The lowest BCUT2D eigenvalue weighted by atomic mass is 9.94. The first-order valence-electron chi connectivity index (χ1n) is 18.1. The number of amides is 4. The zero-order valence-corrected chi connectivity index (χ0v) is 30.7. The number of likely N-dealkylation sites (tertiary alicyclic amines) is 2. The molecule has 0 aliphatic carbocycles. The van der Waals surface area contributed by atoms with Gasteiger partial charge >= 0.3 is 18.2 Å². The van der Waals surface area contributed by atoms with Crippen LogP contribution in [0, 0.1) is 11.8 Å². The number of nitrogens with zero attached hydrogens (tertiary/aromatic N) is 2. The molecular formula is C39H54N4O8. The van der Waals surface area contributed by atoms with E-state index in [1.807, 2.05) is 49.1 Å². The van der Waals surface area contributed by atoms with E-state index in [9.17, 15) is 24.0 Å². The molecule has 2 saturated heterocycles. The molecule has 278 valence electrons. The molecule has 0 spiro atoms. The van der Waals surface area contributed by atoms with Crippen LogP contribution in [-0.4, -0.2) is 83.6 Å². The Morgan fingerprint density at radius 3 is 2.04 bits per heavy atom. The molecule has 4 amide bonds. The molecule has 2 aliphatic rings. The van der Waals surface area contributed by atoms with E-state index in [1.165, 1.54) is 6.42 Å². The molecule has 2 aromatic carbocycles. The summed E-state index contributed by atoms with van der Waals surface area (Å²) in [6.07, 6.45) is 3.70. The molecule has 2 atom stereocenters. The number of ether oxygens (including phenoxy) is 3. The van der Waals surface area contributed by atoms with Crippen LogP contribution in [0.25, 0.3) is 0 Å². The number of benzene rings is 2. The van der Waals surface area contributed by atoms with Crippen LogP contribution >= 0.6 is 0 Å². The standard InChI is InChI=1S/C39H54N4O8/c1-27(2)24-32(41-37(47)49-26-29-12-8-6-9-13-29)34(44)40-33(36(46)51-39(3,4)5)25-28-14-16-31(17-15-28)50-38(48)43-22-18-30(19-23-43)35(45)42-20-10-7-11-21-42/h6,8-9,12-17,27,30,32-33H,7,10-11,18-26H2,1-5H3,(H,40,44)(H,41,47)/t32-,33-/m0/s1.